The number of alkyl halides is 3. The lowest BCUT2D eigenvalue weighted by Crippen LogP contribution is -2.34. The molecule has 0 fully saturated rings. The van der Waals surface area contributed by atoms with Crippen molar-refractivity contribution >= 4 is 17.7 Å². The first-order valence-electron chi connectivity index (χ1n) is 7.78. The number of carbonyl (C=O) groups is 1. The van der Waals surface area contributed by atoms with E-state index in [4.69, 9.17) is 0 Å². The lowest BCUT2D eigenvalue weighted by Gasteiger charge is -2.16. The Morgan fingerprint density at radius 2 is 1.96 bits per heavy atom. The molecule has 2 aromatic rings. The molecule has 136 valence electrons. The van der Waals surface area contributed by atoms with Crippen LogP contribution in [0.25, 0.3) is 11.4 Å². The molecule has 1 atom stereocenters. The zero-order valence-corrected chi connectivity index (χ0v) is 14.7. The van der Waals surface area contributed by atoms with E-state index in [0.29, 0.717) is 11.0 Å². The van der Waals surface area contributed by atoms with Crippen LogP contribution in [0.5, 0.6) is 0 Å². The Labute approximate surface area is 148 Å². The summed E-state index contributed by atoms with van der Waals surface area (Å²) in [4.78, 5) is 11.6. The van der Waals surface area contributed by atoms with Gasteiger partial charge in [0, 0.05) is 11.6 Å². The first kappa shape index (κ1) is 19.3. The molecular formula is C16H19F3N4OS. The minimum absolute atomic E-state index is 0.0888. The molecule has 0 aliphatic heterocycles. The average Bonchev–Trinajstić information content (AvgIpc) is 3.01. The van der Waals surface area contributed by atoms with Gasteiger partial charge in [-0.2, -0.15) is 13.2 Å². The number of hydrogen-bond acceptors (Lipinski definition) is 4. The Morgan fingerprint density at radius 1 is 1.28 bits per heavy atom. The Bertz CT molecular complexity index is 703. The first-order valence-corrected chi connectivity index (χ1v) is 8.77. The van der Waals surface area contributed by atoms with Gasteiger partial charge in [0.25, 0.3) is 0 Å². The van der Waals surface area contributed by atoms with Crippen molar-refractivity contribution in [1.82, 2.24) is 20.1 Å². The van der Waals surface area contributed by atoms with Gasteiger partial charge in [-0.3, -0.25) is 9.36 Å². The number of aromatic nitrogens is 3. The fourth-order valence-corrected chi connectivity index (χ4v) is 2.99. The van der Waals surface area contributed by atoms with Gasteiger partial charge in [-0.05, 0) is 13.3 Å². The minimum Gasteiger partial charge on any atom is -0.346 e. The fraction of sp³-hybridized carbons (Fsp3) is 0.438. The van der Waals surface area contributed by atoms with Crippen molar-refractivity contribution in [3.05, 3.63) is 30.3 Å². The van der Waals surface area contributed by atoms with Crippen LogP contribution in [0.3, 0.4) is 0 Å². The number of nitrogens with zero attached hydrogens (tertiary/aromatic N) is 3. The summed E-state index contributed by atoms with van der Waals surface area (Å²) < 4.78 is 38.3. The van der Waals surface area contributed by atoms with Gasteiger partial charge in [0.2, 0.25) is 5.91 Å². The molecule has 0 saturated heterocycles. The summed E-state index contributed by atoms with van der Waals surface area (Å²) in [5.41, 5.74) is 0.892. The quantitative estimate of drug-likeness (QED) is 0.753. The van der Waals surface area contributed by atoms with Crippen LogP contribution in [0.4, 0.5) is 13.2 Å². The molecule has 1 aromatic heterocycles. The number of carbonyl (C=O) groups excluding carboxylic acids is 1. The summed E-state index contributed by atoms with van der Waals surface area (Å²) in [6, 6.07) is 9.59. The van der Waals surface area contributed by atoms with Crippen LogP contribution in [0.1, 0.15) is 26.3 Å². The third kappa shape index (κ3) is 5.48. The molecule has 1 aromatic carbocycles. The second-order valence-electron chi connectivity index (χ2n) is 5.48. The van der Waals surface area contributed by atoms with Crippen LogP contribution in [-0.4, -0.2) is 39.1 Å². The monoisotopic (exact) mass is 372 g/mol. The number of hydrogen-bond donors (Lipinski definition) is 1. The zero-order chi connectivity index (χ0) is 18.4. The molecule has 0 spiro atoms. The molecular weight excluding hydrogens is 353 g/mol. The van der Waals surface area contributed by atoms with E-state index in [0.717, 1.165) is 23.7 Å². The Hall–Kier alpha value is -2.03. The van der Waals surface area contributed by atoms with Crippen molar-refractivity contribution in [2.24, 2.45) is 0 Å². The van der Waals surface area contributed by atoms with Crippen LogP contribution in [0.2, 0.25) is 0 Å². The van der Waals surface area contributed by atoms with Crippen molar-refractivity contribution in [2.75, 3.05) is 12.3 Å². The Balaban J connectivity index is 2.13. The number of nitrogens with one attached hydrogen (secondary N) is 1. The van der Waals surface area contributed by atoms with Crippen LogP contribution in [0.15, 0.2) is 35.5 Å². The maximum absolute atomic E-state index is 12.1. The molecule has 0 radical (unpaired) electrons. The molecule has 1 heterocycles. The SMILES string of the molecule is CC[C@@H](C)n1c(SCC(=O)NCC(F)(F)F)nnc1-c1ccccc1. The van der Waals surface area contributed by atoms with Gasteiger partial charge >= 0.3 is 6.18 Å². The largest absolute Gasteiger partial charge is 0.405 e. The third-order valence-corrected chi connectivity index (χ3v) is 4.49. The van der Waals surface area contributed by atoms with Crippen LogP contribution in [-0.2, 0) is 4.79 Å². The third-order valence-electron chi connectivity index (χ3n) is 3.55. The van der Waals surface area contributed by atoms with Gasteiger partial charge in [-0.1, -0.05) is 49.0 Å². The van der Waals surface area contributed by atoms with E-state index in [9.17, 15) is 18.0 Å². The van der Waals surface area contributed by atoms with E-state index >= 15 is 0 Å². The maximum Gasteiger partial charge on any atom is 0.405 e. The van der Waals surface area contributed by atoms with Crippen LogP contribution < -0.4 is 5.32 Å². The van der Waals surface area contributed by atoms with Crippen molar-refractivity contribution in [3.63, 3.8) is 0 Å². The summed E-state index contributed by atoms with van der Waals surface area (Å²) in [6.07, 6.45) is -3.59. The highest BCUT2D eigenvalue weighted by atomic mass is 32.2. The van der Waals surface area contributed by atoms with Crippen LogP contribution in [0, 0.1) is 0 Å². The fourth-order valence-electron chi connectivity index (χ4n) is 2.12. The van der Waals surface area contributed by atoms with Gasteiger partial charge in [0.05, 0.1) is 5.75 Å². The molecule has 0 aliphatic carbocycles. The van der Waals surface area contributed by atoms with Crippen LogP contribution >= 0.6 is 11.8 Å². The molecule has 0 saturated carbocycles. The molecule has 0 unspecified atom stereocenters. The number of amides is 1. The smallest absolute Gasteiger partial charge is 0.346 e. The molecule has 9 heteroatoms. The highest BCUT2D eigenvalue weighted by Crippen LogP contribution is 2.28. The molecule has 0 bridgehead atoms. The van der Waals surface area contributed by atoms with E-state index < -0.39 is 18.6 Å². The Morgan fingerprint density at radius 3 is 2.56 bits per heavy atom. The molecule has 0 aliphatic rings. The van der Waals surface area contributed by atoms with Gasteiger partial charge in [0.15, 0.2) is 11.0 Å². The predicted molar refractivity (Wildman–Crippen MR) is 90.2 cm³/mol. The van der Waals surface area contributed by atoms with E-state index in [1.54, 1.807) is 0 Å². The van der Waals surface area contributed by atoms with Crippen molar-refractivity contribution in [2.45, 2.75) is 37.6 Å². The predicted octanol–water partition coefficient (Wildman–Crippen LogP) is 3.69. The van der Waals surface area contributed by atoms with E-state index in [1.165, 1.54) is 0 Å². The van der Waals surface area contributed by atoms with Crippen molar-refractivity contribution < 1.29 is 18.0 Å². The number of benzene rings is 1. The highest BCUT2D eigenvalue weighted by molar-refractivity contribution is 7.99. The first-order chi connectivity index (χ1) is 11.8. The van der Waals surface area contributed by atoms with Gasteiger partial charge in [0.1, 0.15) is 6.54 Å². The van der Waals surface area contributed by atoms with Crippen molar-refractivity contribution in [1.29, 1.82) is 0 Å². The van der Waals surface area contributed by atoms with E-state index in [1.807, 2.05) is 54.1 Å². The topological polar surface area (TPSA) is 59.8 Å². The second kappa shape index (κ2) is 8.37. The van der Waals surface area contributed by atoms with Crippen molar-refractivity contribution in [3.8, 4) is 11.4 Å². The standard InChI is InChI=1S/C16H19F3N4OS/c1-3-11(2)23-14(12-7-5-4-6-8-12)21-22-15(23)25-9-13(24)20-10-16(17,18)19/h4-8,11H,3,9-10H2,1-2H3,(H,20,24)/t11-/m1/s1. The average molecular weight is 372 g/mol. The zero-order valence-electron chi connectivity index (χ0n) is 13.9. The molecule has 1 amide bonds. The second-order valence-corrected chi connectivity index (χ2v) is 6.42. The minimum atomic E-state index is -4.42. The summed E-state index contributed by atoms with van der Waals surface area (Å²) in [5, 5.41) is 10.7. The van der Waals surface area contributed by atoms with E-state index in [-0.39, 0.29) is 11.8 Å². The molecule has 1 N–H and O–H groups in total. The Kier molecular flexibility index (Phi) is 6.46. The molecule has 25 heavy (non-hydrogen) atoms. The van der Waals surface area contributed by atoms with Gasteiger partial charge < -0.3 is 5.32 Å². The highest BCUT2D eigenvalue weighted by Gasteiger charge is 2.28. The number of rotatable bonds is 7. The molecule has 2 rings (SSSR count). The maximum atomic E-state index is 12.1. The summed E-state index contributed by atoms with van der Waals surface area (Å²) in [6.45, 7) is 2.69. The summed E-state index contributed by atoms with van der Waals surface area (Å²) >= 11 is 1.07. The lowest BCUT2D eigenvalue weighted by atomic mass is 10.2. The number of thioether (sulfide) groups is 1. The summed E-state index contributed by atoms with van der Waals surface area (Å²) in [7, 11) is 0. The molecule has 5 nitrogen and oxygen atoms in total. The normalized spacial score (nSPS) is 12.8. The van der Waals surface area contributed by atoms with Gasteiger partial charge in [-0.15, -0.1) is 10.2 Å². The lowest BCUT2D eigenvalue weighted by molar-refractivity contribution is -0.136. The number of halogens is 3. The van der Waals surface area contributed by atoms with Gasteiger partial charge in [-0.25, -0.2) is 0 Å². The van der Waals surface area contributed by atoms with E-state index in [2.05, 4.69) is 10.2 Å². The summed E-state index contributed by atoms with van der Waals surface area (Å²) in [5.74, 6) is -0.171.